The summed E-state index contributed by atoms with van der Waals surface area (Å²) in [4.78, 5) is 15.0. The Morgan fingerprint density at radius 1 is 1.45 bits per heavy atom. The summed E-state index contributed by atoms with van der Waals surface area (Å²) in [6, 6.07) is 4.30. The molecule has 0 radical (unpaired) electrons. The van der Waals surface area contributed by atoms with Crippen LogP contribution in [-0.2, 0) is 11.3 Å². The standard InChI is InChI=1S/C16H24N2O2/c1-11-5-8-13(20-11)10-18(12-6-7-12)15(19)16(2)9-3-4-14(16)17/h5,8,12,14H,3-4,6-7,9-10,17H2,1-2H3. The molecular formula is C16H24N2O2. The van der Waals surface area contributed by atoms with Gasteiger partial charge in [0.1, 0.15) is 11.5 Å². The summed E-state index contributed by atoms with van der Waals surface area (Å²) >= 11 is 0. The molecule has 4 nitrogen and oxygen atoms in total. The maximum Gasteiger partial charge on any atom is 0.230 e. The summed E-state index contributed by atoms with van der Waals surface area (Å²) in [6.45, 7) is 4.55. The molecule has 1 aromatic heterocycles. The number of nitrogens with zero attached hydrogens (tertiary/aromatic N) is 1. The van der Waals surface area contributed by atoms with Gasteiger partial charge >= 0.3 is 0 Å². The molecule has 0 spiro atoms. The minimum Gasteiger partial charge on any atom is -0.464 e. The molecule has 1 heterocycles. The summed E-state index contributed by atoms with van der Waals surface area (Å²) in [7, 11) is 0. The largest absolute Gasteiger partial charge is 0.464 e. The second-order valence-electron chi connectivity index (χ2n) is 6.59. The summed E-state index contributed by atoms with van der Waals surface area (Å²) in [5, 5.41) is 0. The summed E-state index contributed by atoms with van der Waals surface area (Å²) in [5.41, 5.74) is 5.81. The van der Waals surface area contributed by atoms with Gasteiger partial charge in [0.15, 0.2) is 0 Å². The van der Waals surface area contributed by atoms with E-state index in [0.29, 0.717) is 12.6 Å². The highest BCUT2D eigenvalue weighted by atomic mass is 16.3. The van der Waals surface area contributed by atoms with Crippen molar-refractivity contribution in [3.63, 3.8) is 0 Å². The number of rotatable bonds is 4. The van der Waals surface area contributed by atoms with Gasteiger partial charge in [0.25, 0.3) is 0 Å². The zero-order chi connectivity index (χ0) is 14.3. The van der Waals surface area contributed by atoms with Crippen LogP contribution in [0.3, 0.4) is 0 Å². The van der Waals surface area contributed by atoms with Crippen LogP contribution in [0.5, 0.6) is 0 Å². The van der Waals surface area contributed by atoms with E-state index in [9.17, 15) is 4.79 Å². The average Bonchev–Trinajstić information content (AvgIpc) is 3.09. The molecule has 2 aliphatic rings. The van der Waals surface area contributed by atoms with E-state index in [1.165, 1.54) is 0 Å². The number of carbonyl (C=O) groups excluding carboxylic acids is 1. The number of amides is 1. The van der Waals surface area contributed by atoms with Crippen LogP contribution in [-0.4, -0.2) is 22.9 Å². The predicted octanol–water partition coefficient (Wildman–Crippen LogP) is 2.60. The minimum absolute atomic E-state index is 0.00501. The van der Waals surface area contributed by atoms with Gasteiger partial charge in [0.05, 0.1) is 12.0 Å². The van der Waals surface area contributed by atoms with Crippen LogP contribution >= 0.6 is 0 Å². The molecular weight excluding hydrogens is 252 g/mol. The van der Waals surface area contributed by atoms with Crippen LogP contribution in [0.25, 0.3) is 0 Å². The molecule has 2 unspecified atom stereocenters. The third-order valence-corrected chi connectivity index (χ3v) is 4.89. The normalized spacial score (nSPS) is 29.6. The topological polar surface area (TPSA) is 59.5 Å². The Morgan fingerprint density at radius 2 is 2.20 bits per heavy atom. The van der Waals surface area contributed by atoms with Gasteiger partial charge in [-0.3, -0.25) is 4.79 Å². The van der Waals surface area contributed by atoms with Crippen molar-refractivity contribution in [2.45, 2.75) is 64.6 Å². The molecule has 3 rings (SSSR count). The Morgan fingerprint density at radius 3 is 2.70 bits per heavy atom. The monoisotopic (exact) mass is 276 g/mol. The number of aryl methyl sites for hydroxylation is 1. The molecule has 2 saturated carbocycles. The van der Waals surface area contributed by atoms with Crippen molar-refractivity contribution < 1.29 is 9.21 Å². The van der Waals surface area contributed by atoms with E-state index in [1.54, 1.807) is 0 Å². The Balaban J connectivity index is 1.78. The molecule has 2 fully saturated rings. The predicted molar refractivity (Wildman–Crippen MR) is 77.0 cm³/mol. The lowest BCUT2D eigenvalue weighted by atomic mass is 9.83. The number of hydrogen-bond donors (Lipinski definition) is 1. The van der Waals surface area contributed by atoms with Crippen molar-refractivity contribution in [3.05, 3.63) is 23.7 Å². The molecule has 1 aromatic rings. The smallest absolute Gasteiger partial charge is 0.230 e. The first kappa shape index (κ1) is 13.7. The van der Waals surface area contributed by atoms with Crippen molar-refractivity contribution in [1.82, 2.24) is 4.90 Å². The van der Waals surface area contributed by atoms with E-state index in [2.05, 4.69) is 0 Å². The van der Waals surface area contributed by atoms with Gasteiger partial charge in [-0.25, -0.2) is 0 Å². The molecule has 0 aromatic carbocycles. The second kappa shape index (κ2) is 4.92. The fourth-order valence-corrected chi connectivity index (χ4v) is 3.28. The molecule has 2 atom stereocenters. The van der Waals surface area contributed by atoms with Crippen molar-refractivity contribution >= 4 is 5.91 Å². The Kier molecular flexibility index (Phi) is 3.36. The first-order chi connectivity index (χ1) is 9.50. The number of hydrogen-bond acceptors (Lipinski definition) is 3. The Labute approximate surface area is 120 Å². The molecule has 4 heteroatoms. The molecule has 2 N–H and O–H groups in total. The van der Waals surface area contributed by atoms with Crippen molar-refractivity contribution in [2.24, 2.45) is 11.1 Å². The van der Waals surface area contributed by atoms with Crippen molar-refractivity contribution in [1.29, 1.82) is 0 Å². The van der Waals surface area contributed by atoms with Crippen LogP contribution in [0.1, 0.15) is 50.5 Å². The SMILES string of the molecule is Cc1ccc(CN(C(=O)C2(C)CCCC2N)C2CC2)o1. The van der Waals surface area contributed by atoms with Crippen LogP contribution in [0, 0.1) is 12.3 Å². The van der Waals surface area contributed by atoms with E-state index in [1.807, 2.05) is 30.9 Å². The van der Waals surface area contributed by atoms with Gasteiger partial charge in [0.2, 0.25) is 5.91 Å². The minimum atomic E-state index is -0.385. The fraction of sp³-hybridized carbons (Fsp3) is 0.688. The van der Waals surface area contributed by atoms with Gasteiger partial charge in [-0.2, -0.15) is 0 Å². The molecule has 0 saturated heterocycles. The van der Waals surface area contributed by atoms with E-state index in [-0.39, 0.29) is 17.4 Å². The highest BCUT2D eigenvalue weighted by Gasteiger charge is 2.48. The number of nitrogens with two attached hydrogens (primary N) is 1. The van der Waals surface area contributed by atoms with Crippen LogP contribution in [0.4, 0.5) is 0 Å². The van der Waals surface area contributed by atoms with Crippen LogP contribution in [0.15, 0.2) is 16.5 Å². The number of carbonyl (C=O) groups is 1. The van der Waals surface area contributed by atoms with Gasteiger partial charge in [-0.05, 0) is 51.7 Å². The molecule has 110 valence electrons. The van der Waals surface area contributed by atoms with Gasteiger partial charge in [0, 0.05) is 12.1 Å². The summed E-state index contributed by atoms with van der Waals surface area (Å²) in [5.74, 6) is 1.99. The van der Waals surface area contributed by atoms with Crippen molar-refractivity contribution in [3.8, 4) is 0 Å². The molecule has 0 bridgehead atoms. The average molecular weight is 276 g/mol. The maximum atomic E-state index is 13.0. The summed E-state index contributed by atoms with van der Waals surface area (Å²) in [6.07, 6.45) is 5.14. The lowest BCUT2D eigenvalue weighted by Gasteiger charge is -2.34. The number of furan rings is 1. The molecule has 1 amide bonds. The van der Waals surface area contributed by atoms with Gasteiger partial charge in [-0.1, -0.05) is 6.42 Å². The Hall–Kier alpha value is -1.29. The fourth-order valence-electron chi connectivity index (χ4n) is 3.28. The van der Waals surface area contributed by atoms with Gasteiger partial charge < -0.3 is 15.1 Å². The van der Waals surface area contributed by atoms with E-state index < -0.39 is 0 Å². The van der Waals surface area contributed by atoms with E-state index >= 15 is 0 Å². The first-order valence-corrected chi connectivity index (χ1v) is 7.62. The van der Waals surface area contributed by atoms with Gasteiger partial charge in [-0.15, -0.1) is 0 Å². The van der Waals surface area contributed by atoms with Crippen LogP contribution < -0.4 is 5.73 Å². The van der Waals surface area contributed by atoms with Crippen LogP contribution in [0.2, 0.25) is 0 Å². The second-order valence-corrected chi connectivity index (χ2v) is 6.59. The van der Waals surface area contributed by atoms with E-state index in [4.69, 9.17) is 10.2 Å². The summed E-state index contributed by atoms with van der Waals surface area (Å²) < 4.78 is 5.64. The van der Waals surface area contributed by atoms with Crippen molar-refractivity contribution in [2.75, 3.05) is 0 Å². The molecule has 20 heavy (non-hydrogen) atoms. The highest BCUT2D eigenvalue weighted by Crippen LogP contribution is 2.41. The lowest BCUT2D eigenvalue weighted by molar-refractivity contribution is -0.143. The maximum absolute atomic E-state index is 13.0. The molecule has 2 aliphatic carbocycles. The first-order valence-electron chi connectivity index (χ1n) is 7.62. The third-order valence-electron chi connectivity index (χ3n) is 4.89. The quantitative estimate of drug-likeness (QED) is 0.919. The lowest BCUT2D eigenvalue weighted by Crippen LogP contribution is -2.49. The zero-order valence-electron chi connectivity index (χ0n) is 12.4. The molecule has 0 aliphatic heterocycles. The Bertz CT molecular complexity index is 506. The van der Waals surface area contributed by atoms with E-state index in [0.717, 1.165) is 43.6 Å². The highest BCUT2D eigenvalue weighted by molar-refractivity contribution is 5.84. The zero-order valence-corrected chi connectivity index (χ0v) is 12.4. The third kappa shape index (κ3) is 2.37.